The predicted octanol–water partition coefficient (Wildman–Crippen LogP) is 1.99. The van der Waals surface area contributed by atoms with Crippen molar-refractivity contribution in [1.82, 2.24) is 5.32 Å². The summed E-state index contributed by atoms with van der Waals surface area (Å²) in [4.78, 5) is 26.7. The number of rotatable bonds is 6. The van der Waals surface area contributed by atoms with E-state index >= 15 is 0 Å². The first-order chi connectivity index (χ1) is 10.5. The average molecular weight is 305 g/mol. The number of cyclic esters (lactones) is 1. The van der Waals surface area contributed by atoms with Gasteiger partial charge >= 0.3 is 6.09 Å². The Morgan fingerprint density at radius 2 is 1.95 bits per heavy atom. The number of hydrogen-bond donors (Lipinski definition) is 1. The van der Waals surface area contributed by atoms with E-state index in [0.717, 1.165) is 24.5 Å². The Morgan fingerprint density at radius 1 is 1.32 bits per heavy atom. The average Bonchev–Trinajstić information content (AvgIpc) is 2.88. The van der Waals surface area contributed by atoms with Crippen LogP contribution in [-0.4, -0.2) is 44.3 Å². The molecule has 0 aromatic heterocycles. The fraction of sp³-hybridized carbons (Fsp3) is 0.500. The summed E-state index contributed by atoms with van der Waals surface area (Å²) >= 11 is 0. The van der Waals surface area contributed by atoms with Gasteiger partial charge in [-0.05, 0) is 38.1 Å². The van der Waals surface area contributed by atoms with E-state index in [1.807, 2.05) is 24.3 Å². The van der Waals surface area contributed by atoms with Crippen LogP contribution in [0.25, 0.3) is 0 Å². The molecule has 0 unspecified atom stereocenters. The molecule has 22 heavy (non-hydrogen) atoms. The van der Waals surface area contributed by atoms with Gasteiger partial charge in [-0.25, -0.2) is 4.79 Å². The molecule has 2 amide bonds. The smallest absolute Gasteiger partial charge is 0.414 e. The van der Waals surface area contributed by atoms with Crippen molar-refractivity contribution in [2.45, 2.75) is 26.9 Å². The fourth-order valence-electron chi connectivity index (χ4n) is 2.53. The fourth-order valence-corrected chi connectivity index (χ4v) is 2.53. The summed E-state index contributed by atoms with van der Waals surface area (Å²) in [5.41, 5.74) is 1.95. The Morgan fingerprint density at radius 3 is 2.50 bits per heavy atom. The third-order valence-corrected chi connectivity index (χ3v) is 3.74. The summed E-state index contributed by atoms with van der Waals surface area (Å²) < 4.78 is 5.26. The molecule has 0 bridgehead atoms. The first-order valence-corrected chi connectivity index (χ1v) is 7.62. The molecule has 1 atom stereocenters. The predicted molar refractivity (Wildman–Crippen MR) is 86.3 cm³/mol. The number of hydrogen-bond acceptors (Lipinski definition) is 4. The van der Waals surface area contributed by atoms with Crippen LogP contribution in [0.4, 0.5) is 16.2 Å². The van der Waals surface area contributed by atoms with Crippen LogP contribution in [0.5, 0.6) is 0 Å². The highest BCUT2D eigenvalue weighted by molar-refractivity contribution is 5.90. The molecular weight excluding hydrogens is 282 g/mol. The Balaban J connectivity index is 2.02. The van der Waals surface area contributed by atoms with Gasteiger partial charge in [-0.2, -0.15) is 0 Å². The van der Waals surface area contributed by atoms with Crippen LogP contribution in [0.2, 0.25) is 0 Å². The second-order valence-corrected chi connectivity index (χ2v) is 5.24. The Bertz CT molecular complexity index is 526. The molecule has 1 saturated heterocycles. The van der Waals surface area contributed by atoms with Gasteiger partial charge in [0.25, 0.3) is 0 Å². The molecule has 6 heteroatoms. The number of carbonyl (C=O) groups is 2. The maximum Gasteiger partial charge on any atom is 0.414 e. The van der Waals surface area contributed by atoms with E-state index in [9.17, 15) is 9.59 Å². The molecule has 1 heterocycles. The van der Waals surface area contributed by atoms with E-state index in [1.54, 1.807) is 4.90 Å². The van der Waals surface area contributed by atoms with Crippen LogP contribution >= 0.6 is 0 Å². The van der Waals surface area contributed by atoms with Crippen molar-refractivity contribution in [2.75, 3.05) is 36.0 Å². The third-order valence-electron chi connectivity index (χ3n) is 3.74. The lowest BCUT2D eigenvalue weighted by Gasteiger charge is -2.22. The standard InChI is InChI=1S/C16H23N3O3/c1-4-18(5-2)13-6-8-14(9-7-13)19-11-15(22-16(19)21)10-17-12(3)20/h6-9,15H,4-5,10-11H2,1-3H3,(H,17,20)/t15-/m0/s1. The number of anilines is 2. The summed E-state index contributed by atoms with van der Waals surface area (Å²) in [6.07, 6.45) is -0.676. The molecule has 1 aromatic rings. The second kappa shape index (κ2) is 7.15. The maximum absolute atomic E-state index is 11.9. The van der Waals surface area contributed by atoms with Crippen molar-refractivity contribution in [1.29, 1.82) is 0 Å². The summed E-state index contributed by atoms with van der Waals surface area (Å²) in [6, 6.07) is 7.87. The molecule has 0 saturated carbocycles. The SMILES string of the molecule is CCN(CC)c1ccc(N2C[C@H](CNC(C)=O)OC2=O)cc1. The third kappa shape index (κ3) is 3.69. The highest BCUT2D eigenvalue weighted by atomic mass is 16.6. The monoisotopic (exact) mass is 305 g/mol. The van der Waals surface area contributed by atoms with Crippen LogP contribution in [0.1, 0.15) is 20.8 Å². The van der Waals surface area contributed by atoms with Gasteiger partial charge in [0.05, 0.1) is 13.1 Å². The molecule has 120 valence electrons. The first kappa shape index (κ1) is 16.1. The van der Waals surface area contributed by atoms with Gasteiger partial charge in [0.2, 0.25) is 5.91 Å². The number of nitrogens with one attached hydrogen (secondary N) is 1. The van der Waals surface area contributed by atoms with Crippen molar-refractivity contribution in [2.24, 2.45) is 0 Å². The molecule has 1 aromatic carbocycles. The summed E-state index contributed by atoms with van der Waals surface area (Å²) in [6.45, 7) is 8.35. The molecular formula is C16H23N3O3. The molecule has 1 aliphatic heterocycles. The molecule has 0 spiro atoms. The van der Waals surface area contributed by atoms with Crippen LogP contribution in [-0.2, 0) is 9.53 Å². The molecule has 0 aliphatic carbocycles. The van der Waals surface area contributed by atoms with E-state index in [1.165, 1.54) is 6.92 Å². The minimum atomic E-state index is -0.369. The zero-order valence-electron chi connectivity index (χ0n) is 13.3. The van der Waals surface area contributed by atoms with Crippen molar-refractivity contribution >= 4 is 23.4 Å². The number of nitrogens with zero attached hydrogens (tertiary/aromatic N) is 2. The highest BCUT2D eigenvalue weighted by Gasteiger charge is 2.32. The Kier molecular flexibility index (Phi) is 5.25. The lowest BCUT2D eigenvalue weighted by molar-refractivity contribution is -0.119. The molecule has 1 N–H and O–H groups in total. The number of amides is 2. The topological polar surface area (TPSA) is 61.9 Å². The maximum atomic E-state index is 11.9. The summed E-state index contributed by atoms with van der Waals surface area (Å²) in [7, 11) is 0. The Labute approximate surface area is 131 Å². The molecule has 2 rings (SSSR count). The number of benzene rings is 1. The second-order valence-electron chi connectivity index (χ2n) is 5.24. The van der Waals surface area contributed by atoms with E-state index in [0.29, 0.717) is 13.1 Å². The molecule has 1 aliphatic rings. The first-order valence-electron chi connectivity index (χ1n) is 7.62. The number of carbonyl (C=O) groups excluding carboxylic acids is 2. The van der Waals surface area contributed by atoms with Gasteiger partial charge in [0.1, 0.15) is 6.10 Å². The van der Waals surface area contributed by atoms with Gasteiger partial charge in [-0.3, -0.25) is 9.69 Å². The minimum Gasteiger partial charge on any atom is -0.442 e. The van der Waals surface area contributed by atoms with Gasteiger partial charge in [-0.15, -0.1) is 0 Å². The van der Waals surface area contributed by atoms with E-state index in [2.05, 4.69) is 24.1 Å². The van der Waals surface area contributed by atoms with Crippen LogP contribution in [0.3, 0.4) is 0 Å². The van der Waals surface area contributed by atoms with Gasteiger partial charge in [-0.1, -0.05) is 0 Å². The zero-order valence-corrected chi connectivity index (χ0v) is 13.3. The lowest BCUT2D eigenvalue weighted by Crippen LogP contribution is -2.33. The van der Waals surface area contributed by atoms with E-state index in [-0.39, 0.29) is 18.1 Å². The zero-order chi connectivity index (χ0) is 16.1. The lowest BCUT2D eigenvalue weighted by atomic mass is 10.2. The minimum absolute atomic E-state index is 0.127. The van der Waals surface area contributed by atoms with Crippen molar-refractivity contribution in [3.05, 3.63) is 24.3 Å². The quantitative estimate of drug-likeness (QED) is 0.873. The Hall–Kier alpha value is -2.24. The van der Waals surface area contributed by atoms with Crippen molar-refractivity contribution < 1.29 is 14.3 Å². The van der Waals surface area contributed by atoms with Crippen LogP contribution in [0, 0.1) is 0 Å². The van der Waals surface area contributed by atoms with Gasteiger partial charge in [0, 0.05) is 31.4 Å². The number of ether oxygens (including phenoxy) is 1. The molecule has 0 radical (unpaired) electrons. The molecule has 1 fully saturated rings. The largest absolute Gasteiger partial charge is 0.442 e. The van der Waals surface area contributed by atoms with Crippen LogP contribution < -0.4 is 15.1 Å². The van der Waals surface area contributed by atoms with Crippen LogP contribution in [0.15, 0.2) is 24.3 Å². The van der Waals surface area contributed by atoms with E-state index in [4.69, 9.17) is 4.74 Å². The van der Waals surface area contributed by atoms with E-state index < -0.39 is 0 Å². The summed E-state index contributed by atoms with van der Waals surface area (Å²) in [5, 5.41) is 2.67. The highest BCUT2D eigenvalue weighted by Crippen LogP contribution is 2.24. The van der Waals surface area contributed by atoms with Crippen molar-refractivity contribution in [3.63, 3.8) is 0 Å². The normalized spacial score (nSPS) is 17.3. The van der Waals surface area contributed by atoms with Gasteiger partial charge in [0.15, 0.2) is 0 Å². The van der Waals surface area contributed by atoms with Crippen molar-refractivity contribution in [3.8, 4) is 0 Å². The summed E-state index contributed by atoms with van der Waals surface area (Å²) in [5.74, 6) is -0.127. The van der Waals surface area contributed by atoms with Gasteiger partial charge < -0.3 is 15.0 Å². The molecule has 6 nitrogen and oxygen atoms in total.